The lowest BCUT2D eigenvalue weighted by molar-refractivity contribution is 0.197. The summed E-state index contributed by atoms with van der Waals surface area (Å²) < 4.78 is 27.3. The molecule has 17 heavy (non-hydrogen) atoms. The fraction of sp³-hybridized carbons (Fsp3) is 1.00. The van der Waals surface area contributed by atoms with Crippen LogP contribution < -0.4 is 5.32 Å². The van der Waals surface area contributed by atoms with Crippen molar-refractivity contribution in [3.8, 4) is 0 Å². The molecule has 0 spiro atoms. The zero-order valence-corrected chi connectivity index (χ0v) is 12.4. The van der Waals surface area contributed by atoms with Crippen molar-refractivity contribution in [2.45, 2.75) is 18.6 Å². The van der Waals surface area contributed by atoms with Crippen molar-refractivity contribution in [1.29, 1.82) is 0 Å². The van der Waals surface area contributed by atoms with E-state index in [4.69, 9.17) is 4.74 Å². The lowest BCUT2D eigenvalue weighted by Crippen LogP contribution is -2.44. The molecule has 0 aliphatic rings. The molecule has 0 aromatic rings. The maximum absolute atomic E-state index is 11.5. The maximum Gasteiger partial charge on any atom is 0.153 e. The average molecular weight is 266 g/mol. The molecular formula is C11H26N2O3S. The zero-order valence-electron chi connectivity index (χ0n) is 11.6. The molecule has 0 radical (unpaired) electrons. The summed E-state index contributed by atoms with van der Waals surface area (Å²) >= 11 is 0. The highest BCUT2D eigenvalue weighted by Gasteiger charge is 2.31. The third-order valence-electron chi connectivity index (χ3n) is 2.81. The molecule has 6 heteroatoms. The van der Waals surface area contributed by atoms with Gasteiger partial charge in [-0.3, -0.25) is 0 Å². The summed E-state index contributed by atoms with van der Waals surface area (Å²) in [5.74, 6) is 0. The Morgan fingerprint density at radius 1 is 1.29 bits per heavy atom. The van der Waals surface area contributed by atoms with Crippen LogP contribution in [0.4, 0.5) is 0 Å². The van der Waals surface area contributed by atoms with Gasteiger partial charge in [0.25, 0.3) is 0 Å². The maximum atomic E-state index is 11.5. The number of ether oxygens (including phenoxy) is 1. The highest BCUT2D eigenvalue weighted by Crippen LogP contribution is 2.15. The van der Waals surface area contributed by atoms with Crippen LogP contribution in [0.1, 0.15) is 13.8 Å². The molecule has 0 rings (SSSR count). The fourth-order valence-corrected chi connectivity index (χ4v) is 1.87. The number of sulfone groups is 1. The first kappa shape index (κ1) is 16.8. The number of methoxy groups -OCH3 is 1. The second kappa shape index (κ2) is 7.31. The molecule has 5 nitrogen and oxygen atoms in total. The van der Waals surface area contributed by atoms with Crippen LogP contribution >= 0.6 is 0 Å². The number of likely N-dealkylation sites (N-methyl/N-ethyl adjacent to an activating group) is 1. The van der Waals surface area contributed by atoms with E-state index in [1.807, 2.05) is 11.9 Å². The molecule has 0 aliphatic carbocycles. The molecule has 0 aromatic carbocycles. The average Bonchev–Trinajstić information content (AvgIpc) is 2.14. The van der Waals surface area contributed by atoms with Crippen LogP contribution in [0.15, 0.2) is 0 Å². The summed E-state index contributed by atoms with van der Waals surface area (Å²) in [6.07, 6.45) is 1.29. The van der Waals surface area contributed by atoms with Crippen LogP contribution in [0.5, 0.6) is 0 Å². The SMILES string of the molecule is COCCNCCN(C)CC(C)(C)S(C)(=O)=O. The summed E-state index contributed by atoms with van der Waals surface area (Å²) in [5, 5.41) is 3.23. The van der Waals surface area contributed by atoms with Crippen LogP contribution in [0.2, 0.25) is 0 Å². The van der Waals surface area contributed by atoms with E-state index in [1.54, 1.807) is 21.0 Å². The number of nitrogens with zero attached hydrogens (tertiary/aromatic N) is 1. The summed E-state index contributed by atoms with van der Waals surface area (Å²) in [6.45, 7) is 7.23. The van der Waals surface area contributed by atoms with Gasteiger partial charge in [0.1, 0.15) is 0 Å². The minimum Gasteiger partial charge on any atom is -0.383 e. The van der Waals surface area contributed by atoms with E-state index in [-0.39, 0.29) is 0 Å². The van der Waals surface area contributed by atoms with Gasteiger partial charge in [-0.05, 0) is 20.9 Å². The smallest absolute Gasteiger partial charge is 0.153 e. The van der Waals surface area contributed by atoms with Gasteiger partial charge >= 0.3 is 0 Å². The summed E-state index contributed by atoms with van der Waals surface area (Å²) in [4.78, 5) is 2.03. The van der Waals surface area contributed by atoms with Crippen LogP contribution in [-0.2, 0) is 14.6 Å². The molecule has 104 valence electrons. The topological polar surface area (TPSA) is 58.6 Å². The van der Waals surface area contributed by atoms with Crippen molar-refractivity contribution in [3.63, 3.8) is 0 Å². The lowest BCUT2D eigenvalue weighted by Gasteiger charge is -2.28. The first-order chi connectivity index (χ1) is 7.70. The van der Waals surface area contributed by atoms with E-state index >= 15 is 0 Å². The Hall–Kier alpha value is -0.170. The molecule has 0 atom stereocenters. The van der Waals surface area contributed by atoms with Gasteiger partial charge in [0, 0.05) is 39.5 Å². The molecular weight excluding hydrogens is 240 g/mol. The Morgan fingerprint density at radius 3 is 2.35 bits per heavy atom. The quantitative estimate of drug-likeness (QED) is 0.594. The Kier molecular flexibility index (Phi) is 7.23. The van der Waals surface area contributed by atoms with Crippen molar-refractivity contribution in [3.05, 3.63) is 0 Å². The van der Waals surface area contributed by atoms with Crippen LogP contribution in [0.3, 0.4) is 0 Å². The Labute approximate surface area is 105 Å². The molecule has 0 amide bonds. The first-order valence-electron chi connectivity index (χ1n) is 5.78. The number of hydrogen-bond acceptors (Lipinski definition) is 5. The monoisotopic (exact) mass is 266 g/mol. The standard InChI is InChI=1S/C11H26N2O3S/c1-11(2,17(5,14)15)10-13(3)8-6-12-7-9-16-4/h12H,6-10H2,1-5H3. The van der Waals surface area contributed by atoms with Crippen molar-refractivity contribution in [2.24, 2.45) is 0 Å². The Balaban J connectivity index is 3.90. The van der Waals surface area contributed by atoms with Crippen LogP contribution in [-0.4, -0.2) is 71.3 Å². The van der Waals surface area contributed by atoms with Gasteiger partial charge in [-0.2, -0.15) is 0 Å². The highest BCUT2D eigenvalue weighted by molar-refractivity contribution is 7.92. The second-order valence-electron chi connectivity index (χ2n) is 5.01. The fourth-order valence-electron chi connectivity index (χ4n) is 1.42. The van der Waals surface area contributed by atoms with Gasteiger partial charge in [-0.25, -0.2) is 8.42 Å². The normalized spacial score (nSPS) is 13.3. The molecule has 0 saturated heterocycles. The van der Waals surface area contributed by atoms with Gasteiger partial charge in [-0.1, -0.05) is 0 Å². The van der Waals surface area contributed by atoms with E-state index in [1.165, 1.54) is 6.26 Å². The van der Waals surface area contributed by atoms with E-state index in [2.05, 4.69) is 5.32 Å². The molecule has 0 saturated carbocycles. The van der Waals surface area contributed by atoms with Crippen LogP contribution in [0, 0.1) is 0 Å². The summed E-state index contributed by atoms with van der Waals surface area (Å²) in [7, 11) is 0.586. The predicted molar refractivity (Wildman–Crippen MR) is 71.2 cm³/mol. The molecule has 0 bridgehead atoms. The number of nitrogens with one attached hydrogen (secondary N) is 1. The molecule has 0 heterocycles. The predicted octanol–water partition coefficient (Wildman–Crippen LogP) is -0.0226. The Bertz CT molecular complexity index is 302. The van der Waals surface area contributed by atoms with Crippen molar-refractivity contribution >= 4 is 9.84 Å². The van der Waals surface area contributed by atoms with Crippen molar-refractivity contribution in [2.75, 3.05) is 53.2 Å². The highest BCUT2D eigenvalue weighted by atomic mass is 32.2. The van der Waals surface area contributed by atoms with Crippen molar-refractivity contribution < 1.29 is 13.2 Å². The number of hydrogen-bond donors (Lipinski definition) is 1. The van der Waals surface area contributed by atoms with E-state index in [9.17, 15) is 8.42 Å². The van der Waals surface area contributed by atoms with Gasteiger partial charge in [0.05, 0.1) is 11.4 Å². The molecule has 0 aliphatic heterocycles. The largest absolute Gasteiger partial charge is 0.383 e. The zero-order chi connectivity index (χ0) is 13.5. The Morgan fingerprint density at radius 2 is 1.88 bits per heavy atom. The van der Waals surface area contributed by atoms with Gasteiger partial charge < -0.3 is 15.0 Å². The van der Waals surface area contributed by atoms with E-state index < -0.39 is 14.6 Å². The van der Waals surface area contributed by atoms with Crippen molar-refractivity contribution in [1.82, 2.24) is 10.2 Å². The third-order valence-corrected chi connectivity index (χ3v) is 4.94. The van der Waals surface area contributed by atoms with Gasteiger partial charge in [0.2, 0.25) is 0 Å². The summed E-state index contributed by atoms with van der Waals surface area (Å²) in [5.41, 5.74) is 0. The molecule has 1 N–H and O–H groups in total. The third kappa shape index (κ3) is 6.98. The lowest BCUT2D eigenvalue weighted by atomic mass is 10.2. The van der Waals surface area contributed by atoms with Crippen LogP contribution in [0.25, 0.3) is 0 Å². The first-order valence-corrected chi connectivity index (χ1v) is 7.67. The van der Waals surface area contributed by atoms with E-state index in [0.29, 0.717) is 13.2 Å². The molecule has 0 unspecified atom stereocenters. The second-order valence-corrected chi connectivity index (χ2v) is 7.66. The van der Waals surface area contributed by atoms with Gasteiger partial charge in [0.15, 0.2) is 9.84 Å². The number of rotatable bonds is 9. The minimum absolute atomic E-state index is 0.539. The van der Waals surface area contributed by atoms with Gasteiger partial charge in [-0.15, -0.1) is 0 Å². The molecule has 0 aromatic heterocycles. The molecule has 0 fully saturated rings. The minimum atomic E-state index is -3.02. The summed E-state index contributed by atoms with van der Waals surface area (Å²) in [6, 6.07) is 0. The van der Waals surface area contributed by atoms with E-state index in [0.717, 1.165) is 19.6 Å².